The van der Waals surface area contributed by atoms with Crippen LogP contribution < -0.4 is 4.74 Å². The van der Waals surface area contributed by atoms with Crippen LogP contribution in [0.5, 0.6) is 5.88 Å². The number of nitro benzene ring substituents is 1. The van der Waals surface area contributed by atoms with Crippen LogP contribution in [0.15, 0.2) is 52.0 Å². The normalized spacial score (nSPS) is 15.7. The van der Waals surface area contributed by atoms with Crippen LogP contribution in [0.25, 0.3) is 0 Å². The van der Waals surface area contributed by atoms with Gasteiger partial charge in [0.2, 0.25) is 15.9 Å². The van der Waals surface area contributed by atoms with E-state index in [1.807, 2.05) is 0 Å². The third-order valence-electron chi connectivity index (χ3n) is 3.48. The summed E-state index contributed by atoms with van der Waals surface area (Å²) in [4.78, 5) is 14.1. The zero-order chi connectivity index (χ0) is 17.3. The van der Waals surface area contributed by atoms with Gasteiger partial charge in [-0.3, -0.25) is 10.1 Å². The predicted molar refractivity (Wildman–Crippen MR) is 88.2 cm³/mol. The average Bonchev–Trinajstić information content (AvgIpc) is 2.52. The van der Waals surface area contributed by atoms with Gasteiger partial charge in [-0.25, -0.2) is 13.4 Å². The van der Waals surface area contributed by atoms with Gasteiger partial charge in [0, 0.05) is 18.3 Å². The number of aromatic nitrogens is 1. The van der Waals surface area contributed by atoms with Gasteiger partial charge in [-0.05, 0) is 34.1 Å². The van der Waals surface area contributed by atoms with Crippen molar-refractivity contribution in [3.05, 3.63) is 57.2 Å². The summed E-state index contributed by atoms with van der Waals surface area (Å²) in [5, 5.41) is 10.8. The van der Waals surface area contributed by atoms with Crippen molar-refractivity contribution in [1.29, 1.82) is 0 Å². The van der Waals surface area contributed by atoms with Crippen LogP contribution in [0.3, 0.4) is 0 Å². The Labute approximate surface area is 146 Å². The predicted octanol–water partition coefficient (Wildman–Crippen LogP) is 2.20. The molecule has 3 rings (SSSR count). The third-order valence-corrected chi connectivity index (χ3v) is 5.91. The molecule has 0 radical (unpaired) electrons. The van der Waals surface area contributed by atoms with Gasteiger partial charge in [0.25, 0.3) is 5.69 Å². The third kappa shape index (κ3) is 3.25. The molecule has 0 saturated carbocycles. The Morgan fingerprint density at radius 3 is 2.71 bits per heavy atom. The van der Waals surface area contributed by atoms with Gasteiger partial charge in [-0.2, -0.15) is 4.31 Å². The molecule has 0 unspecified atom stereocenters. The molecule has 0 amide bonds. The molecular weight excluding hydrogens is 402 g/mol. The highest BCUT2D eigenvalue weighted by Gasteiger charge is 2.39. The summed E-state index contributed by atoms with van der Waals surface area (Å²) in [7, 11) is -3.78. The lowest BCUT2D eigenvalue weighted by atomic mass is 10.2. The minimum absolute atomic E-state index is 0.103. The van der Waals surface area contributed by atoms with Crippen LogP contribution in [0.4, 0.5) is 5.69 Å². The fourth-order valence-electron chi connectivity index (χ4n) is 2.19. The quantitative estimate of drug-likeness (QED) is 0.549. The molecule has 1 aliphatic rings. The van der Waals surface area contributed by atoms with Crippen molar-refractivity contribution >= 4 is 31.6 Å². The van der Waals surface area contributed by atoms with Gasteiger partial charge in [-0.15, -0.1) is 0 Å². The van der Waals surface area contributed by atoms with E-state index in [1.54, 1.807) is 18.3 Å². The van der Waals surface area contributed by atoms with E-state index in [4.69, 9.17) is 4.74 Å². The largest absolute Gasteiger partial charge is 0.471 e. The second-order valence-electron chi connectivity index (χ2n) is 5.11. The van der Waals surface area contributed by atoms with Crippen molar-refractivity contribution in [2.24, 2.45) is 0 Å². The highest BCUT2D eigenvalue weighted by Crippen LogP contribution is 2.28. The number of halogens is 1. The summed E-state index contributed by atoms with van der Waals surface area (Å²) in [5.74, 6) is 0.398. The molecule has 0 atom stereocenters. The van der Waals surface area contributed by atoms with Gasteiger partial charge in [0.1, 0.15) is 6.10 Å². The molecule has 1 aromatic heterocycles. The number of hydrogen-bond donors (Lipinski definition) is 0. The minimum atomic E-state index is -3.78. The Bertz CT molecular complexity index is 883. The first kappa shape index (κ1) is 16.8. The van der Waals surface area contributed by atoms with Gasteiger partial charge < -0.3 is 4.74 Å². The van der Waals surface area contributed by atoms with Crippen molar-refractivity contribution < 1.29 is 18.1 Å². The number of rotatable bonds is 5. The Kier molecular flexibility index (Phi) is 4.52. The molecule has 126 valence electrons. The van der Waals surface area contributed by atoms with E-state index in [0.29, 0.717) is 10.4 Å². The smallest absolute Gasteiger partial charge is 0.270 e. The van der Waals surface area contributed by atoms with E-state index in [1.165, 1.54) is 22.5 Å². The molecule has 0 spiro atoms. The van der Waals surface area contributed by atoms with Crippen molar-refractivity contribution in [2.75, 3.05) is 13.1 Å². The molecule has 0 aliphatic carbocycles. The molecule has 24 heavy (non-hydrogen) atoms. The number of nitrogens with zero attached hydrogens (tertiary/aromatic N) is 3. The monoisotopic (exact) mass is 413 g/mol. The maximum atomic E-state index is 12.5. The molecule has 0 bridgehead atoms. The molecule has 0 N–H and O–H groups in total. The molecular formula is C14H12BrN3O5S. The van der Waals surface area contributed by atoms with Crippen LogP contribution in [-0.4, -0.2) is 41.8 Å². The zero-order valence-electron chi connectivity index (χ0n) is 12.2. The maximum Gasteiger partial charge on any atom is 0.270 e. The Hall–Kier alpha value is -2.04. The number of sulfonamides is 1. The molecule has 1 aromatic carbocycles. The van der Waals surface area contributed by atoms with E-state index in [0.717, 1.165) is 6.07 Å². The number of pyridine rings is 1. The lowest BCUT2D eigenvalue weighted by molar-refractivity contribution is -0.385. The molecule has 2 heterocycles. The summed E-state index contributed by atoms with van der Waals surface area (Å²) in [6.07, 6.45) is 1.26. The lowest BCUT2D eigenvalue weighted by Gasteiger charge is -2.37. The first-order valence-corrected chi connectivity index (χ1v) is 9.13. The number of hydrogen-bond acceptors (Lipinski definition) is 6. The number of non-ortho nitro benzene ring substituents is 1. The fraction of sp³-hybridized carbons (Fsp3) is 0.214. The second kappa shape index (κ2) is 6.46. The molecule has 2 aromatic rings. The van der Waals surface area contributed by atoms with Crippen molar-refractivity contribution in [1.82, 2.24) is 9.29 Å². The summed E-state index contributed by atoms with van der Waals surface area (Å²) < 4.78 is 32.5. The van der Waals surface area contributed by atoms with Crippen LogP contribution in [-0.2, 0) is 10.0 Å². The van der Waals surface area contributed by atoms with E-state index in [2.05, 4.69) is 20.9 Å². The van der Waals surface area contributed by atoms with Crippen LogP contribution >= 0.6 is 15.9 Å². The van der Waals surface area contributed by atoms with Gasteiger partial charge in [0.05, 0.1) is 27.4 Å². The van der Waals surface area contributed by atoms with Gasteiger partial charge >= 0.3 is 0 Å². The molecule has 1 saturated heterocycles. The highest BCUT2D eigenvalue weighted by molar-refractivity contribution is 9.10. The van der Waals surface area contributed by atoms with Crippen LogP contribution in [0.1, 0.15) is 0 Å². The Morgan fingerprint density at radius 1 is 1.29 bits per heavy atom. The Morgan fingerprint density at radius 2 is 2.04 bits per heavy atom. The van der Waals surface area contributed by atoms with Crippen LogP contribution in [0.2, 0.25) is 0 Å². The van der Waals surface area contributed by atoms with Crippen molar-refractivity contribution in [2.45, 2.75) is 11.0 Å². The molecule has 1 aliphatic heterocycles. The van der Waals surface area contributed by atoms with Crippen molar-refractivity contribution in [3.63, 3.8) is 0 Å². The second-order valence-corrected chi connectivity index (χ2v) is 7.90. The summed E-state index contributed by atoms with van der Waals surface area (Å²) >= 11 is 3.31. The zero-order valence-corrected chi connectivity index (χ0v) is 14.6. The van der Waals surface area contributed by atoms with Gasteiger partial charge in [0.15, 0.2) is 0 Å². The highest BCUT2D eigenvalue weighted by atomic mass is 79.9. The maximum absolute atomic E-state index is 12.5. The fourth-order valence-corrected chi connectivity index (χ4v) is 4.09. The lowest BCUT2D eigenvalue weighted by Crippen LogP contribution is -2.56. The molecule has 10 heteroatoms. The minimum Gasteiger partial charge on any atom is -0.471 e. The first-order chi connectivity index (χ1) is 11.4. The first-order valence-electron chi connectivity index (χ1n) is 6.90. The molecule has 1 fully saturated rings. The van der Waals surface area contributed by atoms with E-state index in [9.17, 15) is 18.5 Å². The number of benzene rings is 1. The summed E-state index contributed by atoms with van der Waals surface area (Å²) in [6.45, 7) is 0.322. The van der Waals surface area contributed by atoms with Gasteiger partial charge in [-0.1, -0.05) is 6.07 Å². The number of ether oxygens (including phenoxy) is 1. The molecule has 8 nitrogen and oxygen atoms in total. The summed E-state index contributed by atoms with van der Waals surface area (Å²) in [5.41, 5.74) is -0.262. The van der Waals surface area contributed by atoms with Crippen LogP contribution in [0, 0.1) is 10.1 Å². The summed E-state index contributed by atoms with van der Waals surface area (Å²) in [6, 6.07) is 8.52. The average molecular weight is 414 g/mol. The SMILES string of the molecule is O=[N+]([O-])c1cccc(S(=O)(=O)N2CC(Oc3ncccc3Br)C2)c1. The van der Waals surface area contributed by atoms with E-state index in [-0.39, 0.29) is 29.8 Å². The number of nitro groups is 1. The van der Waals surface area contributed by atoms with E-state index >= 15 is 0 Å². The standard InChI is InChI=1S/C14H12BrN3O5S/c15-13-5-2-6-16-14(13)23-11-8-17(9-11)24(21,22)12-4-1-3-10(7-12)18(19)20/h1-7,11H,8-9H2. The topological polar surface area (TPSA) is 103 Å². The Balaban J connectivity index is 1.69. The van der Waals surface area contributed by atoms with E-state index < -0.39 is 14.9 Å². The van der Waals surface area contributed by atoms with Crippen molar-refractivity contribution in [3.8, 4) is 5.88 Å².